The fourth-order valence-corrected chi connectivity index (χ4v) is 7.62. The predicted molar refractivity (Wildman–Crippen MR) is 219 cm³/mol. The molecule has 0 saturated carbocycles. The van der Waals surface area contributed by atoms with Crippen molar-refractivity contribution in [2.75, 3.05) is 13.2 Å². The zero-order valence-corrected chi connectivity index (χ0v) is 35.6. The van der Waals surface area contributed by atoms with Crippen LogP contribution in [-0.4, -0.2) is 107 Å². The molecule has 0 aromatic carbocycles. The number of allylic oxidation sites excluding steroid dienone is 1. The number of aliphatic hydroxyl groups excluding tert-OH is 5. The summed E-state index contributed by atoms with van der Waals surface area (Å²) in [7, 11) is -5.11. The Kier molecular flexibility index (Phi) is 31.7. The van der Waals surface area contributed by atoms with Crippen molar-refractivity contribution in [3.63, 3.8) is 0 Å². The second-order valence-electron chi connectivity index (χ2n) is 15.8. The SMILES string of the molecule is CCCCCCCCCCCCC/C=C/[C@@H](O)[C@H](CO[C@@H]1O[C@H](CO)[C@H](O)[C@H](OS(=O)(=O)O)[C@H]1O)NC(=O)[C@@H](O)CCCCCCCCCCCCCCCC. The lowest BCUT2D eigenvalue weighted by molar-refractivity contribution is -0.298. The fourth-order valence-electron chi connectivity index (χ4n) is 7.11. The highest BCUT2D eigenvalue weighted by Crippen LogP contribution is 2.26. The van der Waals surface area contributed by atoms with Crippen LogP contribution < -0.4 is 5.32 Å². The van der Waals surface area contributed by atoms with E-state index in [0.717, 1.165) is 38.5 Å². The van der Waals surface area contributed by atoms with E-state index in [-0.39, 0.29) is 6.42 Å². The second kappa shape index (κ2) is 33.6. The van der Waals surface area contributed by atoms with Crippen LogP contribution >= 0.6 is 0 Å². The van der Waals surface area contributed by atoms with Gasteiger partial charge in [0.15, 0.2) is 6.29 Å². The quantitative estimate of drug-likeness (QED) is 0.0192. The Morgan fingerprint density at radius 3 is 1.61 bits per heavy atom. The molecule has 1 heterocycles. The first-order valence-corrected chi connectivity index (χ1v) is 23.5. The molecule has 1 rings (SSSR count). The van der Waals surface area contributed by atoms with Crippen molar-refractivity contribution in [3.05, 3.63) is 12.2 Å². The summed E-state index contributed by atoms with van der Waals surface area (Å²) in [5, 5.41) is 55.1. The van der Waals surface area contributed by atoms with Gasteiger partial charge in [-0.05, 0) is 19.3 Å². The third kappa shape index (κ3) is 26.0. The van der Waals surface area contributed by atoms with Crippen LogP contribution in [-0.2, 0) is 28.9 Å². The van der Waals surface area contributed by atoms with Gasteiger partial charge in [0.25, 0.3) is 0 Å². The Bertz CT molecular complexity index is 1080. The molecule has 1 aliphatic rings. The Balaban J connectivity index is 2.62. The Morgan fingerprint density at radius 2 is 1.16 bits per heavy atom. The normalized spacial score (nSPS) is 22.0. The number of hydrogen-bond donors (Lipinski definition) is 7. The lowest BCUT2D eigenvalue weighted by Crippen LogP contribution is -2.61. The van der Waals surface area contributed by atoms with E-state index < -0.39 is 78.5 Å². The van der Waals surface area contributed by atoms with Crippen molar-refractivity contribution in [2.45, 2.75) is 236 Å². The minimum absolute atomic E-state index is 0.247. The maximum atomic E-state index is 13.1. The fraction of sp³-hybridized carbons (Fsp3) is 0.929. The van der Waals surface area contributed by atoms with Crippen molar-refractivity contribution >= 4 is 16.3 Å². The van der Waals surface area contributed by atoms with Crippen LogP contribution in [0.2, 0.25) is 0 Å². The lowest BCUT2D eigenvalue weighted by Gasteiger charge is -2.41. The van der Waals surface area contributed by atoms with E-state index in [1.54, 1.807) is 0 Å². The summed E-state index contributed by atoms with van der Waals surface area (Å²) in [6.07, 6.45) is 22.9. The van der Waals surface area contributed by atoms with Crippen LogP contribution in [0, 0.1) is 0 Å². The van der Waals surface area contributed by atoms with Crippen molar-refractivity contribution in [3.8, 4) is 0 Å². The molecule has 8 atom stereocenters. The number of amides is 1. The molecule has 13 nitrogen and oxygen atoms in total. The summed E-state index contributed by atoms with van der Waals surface area (Å²) >= 11 is 0. The van der Waals surface area contributed by atoms with Crippen molar-refractivity contribution in [1.82, 2.24) is 5.32 Å². The summed E-state index contributed by atoms with van der Waals surface area (Å²) < 4.78 is 47.4. The number of ether oxygens (including phenoxy) is 2. The molecule has 0 bridgehead atoms. The zero-order valence-electron chi connectivity index (χ0n) is 34.8. The second-order valence-corrected chi connectivity index (χ2v) is 16.8. The Morgan fingerprint density at radius 1 is 0.714 bits per heavy atom. The molecule has 7 N–H and O–H groups in total. The predicted octanol–water partition coefficient (Wildman–Crippen LogP) is 6.97. The first-order valence-electron chi connectivity index (χ1n) is 22.2. The number of carbonyl (C=O) groups is 1. The van der Waals surface area contributed by atoms with Crippen LogP contribution in [0.25, 0.3) is 0 Å². The van der Waals surface area contributed by atoms with Crippen LogP contribution in [0.4, 0.5) is 0 Å². The van der Waals surface area contributed by atoms with Crippen molar-refractivity contribution < 1.29 is 57.0 Å². The standard InChI is InChI=1S/C42H81NO12S/c1-3-5-7-9-11-13-15-17-19-21-23-25-27-29-31-36(46)41(49)43-34(35(45)30-28-26-24-22-20-18-16-14-12-10-8-6-4-2)33-53-42-39(48)40(55-56(50,51)52)38(47)37(32-44)54-42/h28,30,34-40,42,44-48H,3-27,29,31-33H2,1-2H3,(H,43,49)(H,50,51,52)/b30-28+/t34-,35+,36-,37+,38-,39+,40-,42+/m0/s1. The molecule has 0 radical (unpaired) electrons. The largest absolute Gasteiger partial charge is 0.397 e. The first-order chi connectivity index (χ1) is 26.9. The van der Waals surface area contributed by atoms with Crippen LogP contribution in [0.3, 0.4) is 0 Å². The topological polar surface area (TPSA) is 212 Å². The van der Waals surface area contributed by atoms with Crippen molar-refractivity contribution in [2.24, 2.45) is 0 Å². The van der Waals surface area contributed by atoms with Crippen LogP contribution in [0.5, 0.6) is 0 Å². The number of rotatable bonds is 37. The smallest absolute Gasteiger partial charge is 0.394 e. The number of unbranched alkanes of at least 4 members (excludes halogenated alkanes) is 24. The molecular weight excluding hydrogens is 743 g/mol. The van der Waals surface area contributed by atoms with Gasteiger partial charge in [0.2, 0.25) is 5.91 Å². The molecule has 0 aromatic heterocycles. The molecule has 0 unspecified atom stereocenters. The maximum absolute atomic E-state index is 13.1. The van der Waals surface area contributed by atoms with E-state index in [1.807, 2.05) is 6.08 Å². The number of aliphatic hydroxyl groups is 5. The first kappa shape index (κ1) is 52.8. The van der Waals surface area contributed by atoms with Gasteiger partial charge in [-0.2, -0.15) is 8.42 Å². The average Bonchev–Trinajstić information content (AvgIpc) is 3.16. The van der Waals surface area contributed by atoms with Gasteiger partial charge in [-0.3, -0.25) is 9.35 Å². The van der Waals surface area contributed by atoms with E-state index >= 15 is 0 Å². The van der Waals surface area contributed by atoms with Gasteiger partial charge in [-0.15, -0.1) is 0 Å². The van der Waals surface area contributed by atoms with Gasteiger partial charge in [-0.1, -0.05) is 180 Å². The Hall–Kier alpha value is -1.20. The number of hydrogen-bond acceptors (Lipinski definition) is 11. The molecule has 1 amide bonds. The van der Waals surface area contributed by atoms with Gasteiger partial charge in [0, 0.05) is 0 Å². The average molecular weight is 824 g/mol. The molecule has 14 heteroatoms. The molecule has 0 aromatic rings. The molecule has 1 fully saturated rings. The lowest BCUT2D eigenvalue weighted by atomic mass is 9.99. The van der Waals surface area contributed by atoms with Gasteiger partial charge in [0.1, 0.15) is 30.5 Å². The molecule has 0 spiro atoms. The van der Waals surface area contributed by atoms with Crippen LogP contribution in [0.1, 0.15) is 187 Å². The summed E-state index contributed by atoms with van der Waals surface area (Å²) in [6, 6.07) is -1.11. The number of carbonyl (C=O) groups excluding carboxylic acids is 1. The van der Waals surface area contributed by atoms with Gasteiger partial charge >= 0.3 is 10.4 Å². The van der Waals surface area contributed by atoms with Gasteiger partial charge < -0.3 is 40.3 Å². The van der Waals surface area contributed by atoms with E-state index in [0.29, 0.717) is 12.8 Å². The summed E-state index contributed by atoms with van der Waals surface area (Å²) in [6.45, 7) is 3.20. The van der Waals surface area contributed by atoms with Crippen molar-refractivity contribution in [1.29, 1.82) is 0 Å². The van der Waals surface area contributed by atoms with Gasteiger partial charge in [-0.25, -0.2) is 4.18 Å². The Labute approximate surface area is 339 Å². The molecule has 332 valence electrons. The van der Waals surface area contributed by atoms with E-state index in [1.165, 1.54) is 122 Å². The van der Waals surface area contributed by atoms with E-state index in [9.17, 15) is 38.7 Å². The highest BCUT2D eigenvalue weighted by molar-refractivity contribution is 7.80. The minimum Gasteiger partial charge on any atom is -0.394 e. The summed E-state index contributed by atoms with van der Waals surface area (Å²) in [5.74, 6) is -0.701. The molecule has 1 saturated heterocycles. The summed E-state index contributed by atoms with van der Waals surface area (Å²) in [5.41, 5.74) is 0. The zero-order chi connectivity index (χ0) is 41.4. The highest BCUT2D eigenvalue weighted by atomic mass is 32.3. The van der Waals surface area contributed by atoms with E-state index in [2.05, 4.69) is 23.3 Å². The molecule has 1 aliphatic heterocycles. The third-order valence-corrected chi connectivity index (χ3v) is 11.1. The molecule has 56 heavy (non-hydrogen) atoms. The highest BCUT2D eigenvalue weighted by Gasteiger charge is 2.48. The van der Waals surface area contributed by atoms with E-state index in [4.69, 9.17) is 14.0 Å². The molecular formula is C42H81NO12S. The van der Waals surface area contributed by atoms with Crippen LogP contribution in [0.15, 0.2) is 12.2 Å². The summed E-state index contributed by atoms with van der Waals surface area (Å²) in [4.78, 5) is 13.1. The maximum Gasteiger partial charge on any atom is 0.397 e. The third-order valence-electron chi connectivity index (χ3n) is 10.7. The van der Waals surface area contributed by atoms with Gasteiger partial charge in [0.05, 0.1) is 25.4 Å². The monoisotopic (exact) mass is 824 g/mol. The minimum atomic E-state index is -5.11. The number of nitrogens with one attached hydrogen (secondary N) is 1. The molecule has 0 aliphatic carbocycles.